The lowest BCUT2D eigenvalue weighted by Gasteiger charge is -2.37. The first kappa shape index (κ1) is 24.1. The molecule has 2 amide bonds. The average Bonchev–Trinajstić information content (AvgIpc) is 3.36. The smallest absolute Gasteiger partial charge is 0.322 e. The van der Waals surface area contributed by atoms with Crippen LogP contribution in [0.25, 0.3) is 0 Å². The third kappa shape index (κ3) is 5.52. The molecule has 0 aliphatic heterocycles. The van der Waals surface area contributed by atoms with Gasteiger partial charge in [0.1, 0.15) is 5.82 Å². The molecule has 0 saturated heterocycles. The number of carbonyl (C=O) groups excluding carboxylic acids is 1. The summed E-state index contributed by atoms with van der Waals surface area (Å²) in [6, 6.07) is 17.3. The number of nitrogens with one attached hydrogen (secondary N) is 2. The molecule has 0 bridgehead atoms. The van der Waals surface area contributed by atoms with Crippen molar-refractivity contribution in [1.82, 2.24) is 14.9 Å². The SMILES string of the molecule is CC(C)c1cccc(C(C)C)c1NC(=O)N(Cc1ncc[nH]1)C1CCC(c2ccccc2)CC1. The first-order chi connectivity index (χ1) is 16.4. The summed E-state index contributed by atoms with van der Waals surface area (Å²) in [6.07, 6.45) is 7.76. The van der Waals surface area contributed by atoms with Crippen LogP contribution in [0, 0.1) is 0 Å². The summed E-state index contributed by atoms with van der Waals surface area (Å²) in [4.78, 5) is 23.4. The highest BCUT2D eigenvalue weighted by molar-refractivity contribution is 5.91. The van der Waals surface area contributed by atoms with Gasteiger partial charge in [-0.1, -0.05) is 76.2 Å². The summed E-state index contributed by atoms with van der Waals surface area (Å²) in [5.74, 6) is 2.05. The molecule has 1 heterocycles. The number of nitrogens with zero attached hydrogens (tertiary/aromatic N) is 2. The highest BCUT2D eigenvalue weighted by Crippen LogP contribution is 2.36. The summed E-state index contributed by atoms with van der Waals surface area (Å²) in [6.45, 7) is 9.21. The molecule has 0 unspecified atom stereocenters. The fourth-order valence-corrected chi connectivity index (χ4v) is 5.23. The number of imidazole rings is 1. The van der Waals surface area contributed by atoms with Crippen molar-refractivity contribution in [2.45, 2.75) is 83.7 Å². The average molecular weight is 459 g/mol. The molecule has 2 aromatic carbocycles. The Labute approximate surface area is 204 Å². The normalized spacial score (nSPS) is 18.3. The number of aromatic amines is 1. The van der Waals surface area contributed by atoms with E-state index >= 15 is 0 Å². The van der Waals surface area contributed by atoms with Gasteiger partial charge in [0.25, 0.3) is 0 Å². The second-order valence-corrected chi connectivity index (χ2v) is 10.1. The van der Waals surface area contributed by atoms with Gasteiger partial charge in [-0.05, 0) is 60.1 Å². The van der Waals surface area contributed by atoms with Crippen LogP contribution in [0.15, 0.2) is 60.9 Å². The summed E-state index contributed by atoms with van der Waals surface area (Å²) in [7, 11) is 0. The van der Waals surface area contributed by atoms with Crippen LogP contribution in [0.4, 0.5) is 10.5 Å². The maximum atomic E-state index is 13.8. The molecule has 34 heavy (non-hydrogen) atoms. The van der Waals surface area contributed by atoms with E-state index in [1.54, 1.807) is 6.20 Å². The Bertz CT molecular complexity index is 1020. The molecule has 2 N–H and O–H groups in total. The zero-order valence-corrected chi connectivity index (χ0v) is 20.9. The first-order valence-electron chi connectivity index (χ1n) is 12.7. The molecule has 1 aromatic heterocycles. The number of H-pyrrole nitrogens is 1. The number of benzene rings is 2. The lowest BCUT2D eigenvalue weighted by atomic mass is 9.81. The Hall–Kier alpha value is -3.08. The molecule has 1 aliphatic carbocycles. The number of hydrogen-bond donors (Lipinski definition) is 2. The van der Waals surface area contributed by atoms with Crippen molar-refractivity contribution in [2.75, 3.05) is 5.32 Å². The van der Waals surface area contributed by atoms with Crippen LogP contribution in [0.2, 0.25) is 0 Å². The lowest BCUT2D eigenvalue weighted by Crippen LogP contribution is -2.44. The van der Waals surface area contributed by atoms with E-state index in [2.05, 4.69) is 91.5 Å². The molecule has 0 spiro atoms. The van der Waals surface area contributed by atoms with Gasteiger partial charge >= 0.3 is 6.03 Å². The molecule has 3 aromatic rings. The number of hydrogen-bond acceptors (Lipinski definition) is 2. The summed E-state index contributed by atoms with van der Waals surface area (Å²) >= 11 is 0. The van der Waals surface area contributed by atoms with E-state index in [0.717, 1.165) is 37.2 Å². The summed E-state index contributed by atoms with van der Waals surface area (Å²) in [5.41, 5.74) is 4.76. The molecule has 0 radical (unpaired) electrons. The number of rotatable bonds is 7. The topological polar surface area (TPSA) is 61.0 Å². The van der Waals surface area contributed by atoms with Crippen LogP contribution >= 0.6 is 0 Å². The highest BCUT2D eigenvalue weighted by atomic mass is 16.2. The predicted molar refractivity (Wildman–Crippen MR) is 139 cm³/mol. The largest absolute Gasteiger partial charge is 0.347 e. The number of amides is 2. The van der Waals surface area contributed by atoms with E-state index in [1.165, 1.54) is 16.7 Å². The van der Waals surface area contributed by atoms with Gasteiger partial charge in [-0.2, -0.15) is 0 Å². The van der Waals surface area contributed by atoms with Gasteiger partial charge in [0.2, 0.25) is 0 Å². The van der Waals surface area contributed by atoms with Crippen molar-refractivity contribution >= 4 is 11.7 Å². The zero-order chi connectivity index (χ0) is 24.1. The van der Waals surface area contributed by atoms with E-state index in [-0.39, 0.29) is 12.1 Å². The van der Waals surface area contributed by atoms with Crippen molar-refractivity contribution in [3.63, 3.8) is 0 Å². The summed E-state index contributed by atoms with van der Waals surface area (Å²) < 4.78 is 0. The Kier molecular flexibility index (Phi) is 7.71. The van der Waals surface area contributed by atoms with Crippen molar-refractivity contribution in [3.05, 3.63) is 83.4 Å². The fraction of sp³-hybridized carbons (Fsp3) is 0.448. The minimum atomic E-state index is -0.0328. The van der Waals surface area contributed by atoms with E-state index in [0.29, 0.717) is 24.3 Å². The Balaban J connectivity index is 1.56. The van der Waals surface area contributed by atoms with Gasteiger partial charge in [-0.25, -0.2) is 9.78 Å². The van der Waals surface area contributed by atoms with Crippen LogP contribution in [0.5, 0.6) is 0 Å². The number of urea groups is 1. The molecule has 1 fully saturated rings. The minimum absolute atomic E-state index is 0.0328. The van der Waals surface area contributed by atoms with Gasteiger partial charge in [0.15, 0.2) is 0 Å². The molecule has 0 atom stereocenters. The predicted octanol–water partition coefficient (Wildman–Crippen LogP) is 7.42. The second kappa shape index (κ2) is 10.9. The van der Waals surface area contributed by atoms with E-state index in [9.17, 15) is 4.79 Å². The molecular formula is C29H38N4O. The third-order valence-corrected chi connectivity index (χ3v) is 7.15. The Morgan fingerprint density at radius 2 is 1.62 bits per heavy atom. The van der Waals surface area contributed by atoms with Gasteiger partial charge in [-0.3, -0.25) is 0 Å². The lowest BCUT2D eigenvalue weighted by molar-refractivity contribution is 0.156. The van der Waals surface area contributed by atoms with Crippen LogP contribution in [-0.2, 0) is 6.54 Å². The van der Waals surface area contributed by atoms with Gasteiger partial charge in [0, 0.05) is 24.1 Å². The number of para-hydroxylation sites is 1. The highest BCUT2D eigenvalue weighted by Gasteiger charge is 2.31. The third-order valence-electron chi connectivity index (χ3n) is 7.15. The molecule has 4 rings (SSSR count). The molecule has 5 nitrogen and oxygen atoms in total. The minimum Gasteiger partial charge on any atom is -0.347 e. The van der Waals surface area contributed by atoms with Crippen LogP contribution < -0.4 is 5.32 Å². The Morgan fingerprint density at radius 1 is 0.971 bits per heavy atom. The van der Waals surface area contributed by atoms with E-state index < -0.39 is 0 Å². The van der Waals surface area contributed by atoms with Crippen LogP contribution in [0.1, 0.15) is 93.6 Å². The van der Waals surface area contributed by atoms with Crippen molar-refractivity contribution in [2.24, 2.45) is 0 Å². The number of carbonyl (C=O) groups is 1. The van der Waals surface area contributed by atoms with Gasteiger partial charge < -0.3 is 15.2 Å². The maximum absolute atomic E-state index is 13.8. The standard InChI is InChI=1S/C29H38N4O/c1-20(2)25-11-8-12-26(21(3)4)28(25)32-29(34)33(19-27-30-17-18-31-27)24-15-13-23(14-16-24)22-9-6-5-7-10-22/h5-12,17-18,20-21,23-24H,13-16,19H2,1-4H3,(H,30,31)(H,32,34). The van der Waals surface area contributed by atoms with E-state index in [1.807, 2.05) is 11.1 Å². The zero-order valence-electron chi connectivity index (χ0n) is 20.9. The first-order valence-corrected chi connectivity index (χ1v) is 12.7. The van der Waals surface area contributed by atoms with Gasteiger partial charge in [0.05, 0.1) is 6.54 Å². The van der Waals surface area contributed by atoms with E-state index in [4.69, 9.17) is 0 Å². The van der Waals surface area contributed by atoms with Crippen LogP contribution in [-0.4, -0.2) is 26.9 Å². The summed E-state index contributed by atoms with van der Waals surface area (Å²) in [5, 5.41) is 3.34. The number of aromatic nitrogens is 2. The fourth-order valence-electron chi connectivity index (χ4n) is 5.23. The van der Waals surface area contributed by atoms with Crippen molar-refractivity contribution in [3.8, 4) is 0 Å². The Morgan fingerprint density at radius 3 is 2.18 bits per heavy atom. The molecule has 180 valence electrons. The molecule has 1 saturated carbocycles. The van der Waals surface area contributed by atoms with Gasteiger partial charge in [-0.15, -0.1) is 0 Å². The monoisotopic (exact) mass is 458 g/mol. The second-order valence-electron chi connectivity index (χ2n) is 10.1. The van der Waals surface area contributed by atoms with Crippen LogP contribution in [0.3, 0.4) is 0 Å². The molecular weight excluding hydrogens is 420 g/mol. The number of anilines is 1. The molecule has 5 heteroatoms. The maximum Gasteiger partial charge on any atom is 0.322 e. The quantitative estimate of drug-likeness (QED) is 0.387. The molecule has 1 aliphatic rings. The van der Waals surface area contributed by atoms with Crippen molar-refractivity contribution < 1.29 is 4.79 Å². The van der Waals surface area contributed by atoms with Crippen molar-refractivity contribution in [1.29, 1.82) is 0 Å².